The fourth-order valence-corrected chi connectivity index (χ4v) is 2.68. The Morgan fingerprint density at radius 2 is 1.71 bits per heavy atom. The van der Waals surface area contributed by atoms with E-state index in [0.29, 0.717) is 11.3 Å². The maximum absolute atomic E-state index is 12.2. The molecule has 2 aromatic carbocycles. The lowest BCUT2D eigenvalue weighted by Crippen LogP contribution is -2.23. The molecule has 0 radical (unpaired) electrons. The van der Waals surface area contributed by atoms with Gasteiger partial charge in [0.05, 0.1) is 13.3 Å². The zero-order chi connectivity index (χ0) is 17.6. The summed E-state index contributed by atoms with van der Waals surface area (Å²) in [4.78, 5) is 0.0367. The molecule has 0 aromatic heterocycles. The highest BCUT2D eigenvalue weighted by Crippen LogP contribution is 2.21. The molecule has 2 rings (SSSR count). The third kappa shape index (κ3) is 4.93. The number of benzene rings is 2. The van der Waals surface area contributed by atoms with Crippen LogP contribution in [0.5, 0.6) is 11.5 Å². The summed E-state index contributed by atoms with van der Waals surface area (Å²) in [6.07, 6.45) is 1.49. The third-order valence-electron chi connectivity index (χ3n) is 2.82. The standard InChI is InChI=1S/C15H15N3O4S2/c1-21-12-6-8-14(9-7-12)24(19,20)22-13-4-2-11(3-5-13)10-17-18-15(16)23/h2-10H,1H3,(H3,16,18,23)/b17-10-. The van der Waals surface area contributed by atoms with Crippen LogP contribution in [0.15, 0.2) is 58.5 Å². The van der Waals surface area contributed by atoms with E-state index in [0.717, 1.165) is 0 Å². The van der Waals surface area contributed by atoms with Crippen molar-refractivity contribution in [3.8, 4) is 11.5 Å². The SMILES string of the molecule is COc1ccc(S(=O)(=O)Oc2ccc(/C=N\NC(N)=S)cc2)cc1. The van der Waals surface area contributed by atoms with Crippen LogP contribution in [0, 0.1) is 0 Å². The Balaban J connectivity index is 2.09. The molecule has 0 aliphatic rings. The molecule has 24 heavy (non-hydrogen) atoms. The third-order valence-corrected chi connectivity index (χ3v) is 4.18. The van der Waals surface area contributed by atoms with Gasteiger partial charge in [0.1, 0.15) is 16.4 Å². The second-order valence-electron chi connectivity index (χ2n) is 4.52. The molecule has 3 N–H and O–H groups in total. The van der Waals surface area contributed by atoms with Crippen molar-refractivity contribution in [1.82, 2.24) is 5.43 Å². The summed E-state index contributed by atoms with van der Waals surface area (Å²) in [7, 11) is -2.41. The van der Waals surface area contributed by atoms with Gasteiger partial charge in [-0.1, -0.05) is 0 Å². The predicted octanol–water partition coefficient (Wildman–Crippen LogP) is 1.63. The molecule has 9 heteroatoms. The van der Waals surface area contributed by atoms with Gasteiger partial charge in [0.2, 0.25) is 0 Å². The number of nitrogens with one attached hydrogen (secondary N) is 1. The van der Waals surface area contributed by atoms with Crippen LogP contribution in [-0.4, -0.2) is 26.9 Å². The average Bonchev–Trinajstić information content (AvgIpc) is 2.56. The summed E-state index contributed by atoms with van der Waals surface area (Å²) in [5, 5.41) is 3.85. The van der Waals surface area contributed by atoms with Crippen molar-refractivity contribution in [3.05, 3.63) is 54.1 Å². The van der Waals surface area contributed by atoms with Gasteiger partial charge in [0.25, 0.3) is 0 Å². The van der Waals surface area contributed by atoms with Gasteiger partial charge >= 0.3 is 10.1 Å². The van der Waals surface area contributed by atoms with E-state index in [2.05, 4.69) is 22.7 Å². The minimum Gasteiger partial charge on any atom is -0.497 e. The lowest BCUT2D eigenvalue weighted by Gasteiger charge is -2.08. The molecule has 7 nitrogen and oxygen atoms in total. The summed E-state index contributed by atoms with van der Waals surface area (Å²) in [6.45, 7) is 0. The fraction of sp³-hybridized carbons (Fsp3) is 0.0667. The minimum absolute atomic E-state index is 0.0367. The van der Waals surface area contributed by atoms with Crippen LogP contribution in [-0.2, 0) is 10.1 Å². The molecule has 126 valence electrons. The van der Waals surface area contributed by atoms with Crippen molar-refractivity contribution in [2.75, 3.05) is 7.11 Å². The number of methoxy groups -OCH3 is 1. The van der Waals surface area contributed by atoms with Gasteiger partial charge in [-0.15, -0.1) is 0 Å². The van der Waals surface area contributed by atoms with Gasteiger partial charge in [-0.3, -0.25) is 5.43 Å². The van der Waals surface area contributed by atoms with Gasteiger partial charge in [0.15, 0.2) is 5.11 Å². The summed E-state index contributed by atoms with van der Waals surface area (Å²) in [5.41, 5.74) is 8.37. The van der Waals surface area contributed by atoms with Crippen molar-refractivity contribution in [2.24, 2.45) is 10.8 Å². The van der Waals surface area contributed by atoms with E-state index in [1.165, 1.54) is 37.6 Å². The zero-order valence-corrected chi connectivity index (χ0v) is 14.3. The summed E-state index contributed by atoms with van der Waals surface area (Å²) >= 11 is 4.61. The Hall–Kier alpha value is -2.65. The topological polar surface area (TPSA) is 103 Å². The number of hydrazone groups is 1. The molecule has 0 spiro atoms. The maximum atomic E-state index is 12.2. The number of nitrogens with two attached hydrogens (primary N) is 1. The van der Waals surface area contributed by atoms with Crippen LogP contribution in [0.3, 0.4) is 0 Å². The molecule has 0 fully saturated rings. The Morgan fingerprint density at radius 1 is 1.12 bits per heavy atom. The first-order valence-electron chi connectivity index (χ1n) is 6.68. The van der Waals surface area contributed by atoms with Gasteiger partial charge in [-0.25, -0.2) is 0 Å². The van der Waals surface area contributed by atoms with Crippen LogP contribution in [0.25, 0.3) is 0 Å². The molecule has 2 aromatic rings. The van der Waals surface area contributed by atoms with Crippen molar-refractivity contribution >= 4 is 33.7 Å². The lowest BCUT2D eigenvalue weighted by molar-refractivity contribution is 0.414. The van der Waals surface area contributed by atoms with Gasteiger partial charge in [0, 0.05) is 0 Å². The Labute approximate surface area is 145 Å². The number of hydrogen-bond donors (Lipinski definition) is 2. The first-order valence-corrected chi connectivity index (χ1v) is 8.49. The molecule has 0 bridgehead atoms. The lowest BCUT2D eigenvalue weighted by atomic mass is 10.2. The smallest absolute Gasteiger partial charge is 0.339 e. The van der Waals surface area contributed by atoms with Crippen LogP contribution in [0.4, 0.5) is 0 Å². The first kappa shape index (κ1) is 17.7. The quantitative estimate of drug-likeness (QED) is 0.347. The molecule has 0 heterocycles. The summed E-state index contributed by atoms with van der Waals surface area (Å²) < 4.78 is 34.5. The molecular weight excluding hydrogens is 350 g/mol. The molecule has 0 unspecified atom stereocenters. The number of ether oxygens (including phenoxy) is 1. The highest BCUT2D eigenvalue weighted by molar-refractivity contribution is 7.87. The van der Waals surface area contributed by atoms with Gasteiger partial charge in [-0.05, 0) is 66.3 Å². The zero-order valence-electron chi connectivity index (χ0n) is 12.7. The molecule has 0 aliphatic carbocycles. The highest BCUT2D eigenvalue weighted by Gasteiger charge is 2.16. The molecule has 0 saturated heterocycles. The maximum Gasteiger partial charge on any atom is 0.339 e. The van der Waals surface area contributed by atoms with Crippen LogP contribution < -0.4 is 20.1 Å². The number of nitrogens with zero attached hydrogens (tertiary/aromatic N) is 1. The van der Waals surface area contributed by atoms with E-state index in [4.69, 9.17) is 14.7 Å². The monoisotopic (exact) mass is 365 g/mol. The normalized spacial score (nSPS) is 11.2. The highest BCUT2D eigenvalue weighted by atomic mass is 32.2. The summed E-state index contributed by atoms with van der Waals surface area (Å²) in [5.74, 6) is 0.744. The molecule has 0 aliphatic heterocycles. The van der Waals surface area contributed by atoms with Crippen LogP contribution in [0.2, 0.25) is 0 Å². The van der Waals surface area contributed by atoms with E-state index in [-0.39, 0.29) is 15.8 Å². The van der Waals surface area contributed by atoms with Crippen LogP contribution >= 0.6 is 12.2 Å². The van der Waals surface area contributed by atoms with E-state index >= 15 is 0 Å². The van der Waals surface area contributed by atoms with Crippen LogP contribution in [0.1, 0.15) is 5.56 Å². The van der Waals surface area contributed by atoms with Gasteiger partial charge in [-0.2, -0.15) is 13.5 Å². The number of thiocarbonyl (C=S) groups is 1. The largest absolute Gasteiger partial charge is 0.497 e. The molecule has 0 amide bonds. The Bertz CT molecular complexity index is 832. The minimum atomic E-state index is -3.91. The van der Waals surface area contributed by atoms with Gasteiger partial charge < -0.3 is 14.7 Å². The number of rotatable bonds is 6. The first-order chi connectivity index (χ1) is 11.4. The number of hydrogen-bond acceptors (Lipinski definition) is 6. The summed E-state index contributed by atoms with van der Waals surface area (Å²) in [6, 6.07) is 12.2. The van der Waals surface area contributed by atoms with Crippen molar-refractivity contribution in [3.63, 3.8) is 0 Å². The predicted molar refractivity (Wildman–Crippen MR) is 94.8 cm³/mol. The van der Waals surface area contributed by atoms with E-state index < -0.39 is 10.1 Å². The van der Waals surface area contributed by atoms with Crippen molar-refractivity contribution in [1.29, 1.82) is 0 Å². The average molecular weight is 365 g/mol. The van der Waals surface area contributed by atoms with E-state index in [1.807, 2.05) is 0 Å². The molecule has 0 atom stereocenters. The second-order valence-corrected chi connectivity index (χ2v) is 6.50. The Kier molecular flexibility index (Phi) is 5.72. The molecule has 0 saturated carbocycles. The second kappa shape index (κ2) is 7.75. The van der Waals surface area contributed by atoms with E-state index in [1.54, 1.807) is 24.3 Å². The fourth-order valence-electron chi connectivity index (χ4n) is 1.70. The van der Waals surface area contributed by atoms with E-state index in [9.17, 15) is 8.42 Å². The van der Waals surface area contributed by atoms with Crippen molar-refractivity contribution in [2.45, 2.75) is 4.90 Å². The van der Waals surface area contributed by atoms with Crippen molar-refractivity contribution < 1.29 is 17.3 Å². The molecular formula is C15H15N3O4S2. The Morgan fingerprint density at radius 3 is 2.25 bits per heavy atom.